The molecule has 0 radical (unpaired) electrons. The number of carbonyl (C=O) groups is 6. The molecule has 0 spiro atoms. The molecule has 0 bridgehead atoms. The summed E-state index contributed by atoms with van der Waals surface area (Å²) < 4.78 is 101. The van der Waals surface area contributed by atoms with E-state index in [9.17, 15) is 24.0 Å². The predicted octanol–water partition coefficient (Wildman–Crippen LogP) is 11.9. The fraction of sp³-hybridized carbons (Fsp3) is 0.605. The van der Waals surface area contributed by atoms with Gasteiger partial charge in [-0.15, -0.1) is 0 Å². The number of carbonyl (C=O) groups excluding carboxylic acids is 6. The van der Waals surface area contributed by atoms with Crippen molar-refractivity contribution in [1.29, 1.82) is 0 Å². The number of hydrogen-bond acceptors (Lipinski definition) is 21. The van der Waals surface area contributed by atoms with Crippen molar-refractivity contribution in [2.45, 2.75) is 243 Å². The number of rotatable bonds is 25. The highest BCUT2D eigenvalue weighted by molar-refractivity contribution is 5.78. The van der Waals surface area contributed by atoms with Crippen LogP contribution >= 0.6 is 0 Å². The Morgan fingerprint density at radius 2 is 0.639 bits per heavy atom. The maximum atomic E-state index is 15.0. The van der Waals surface area contributed by atoms with Crippen molar-refractivity contribution < 1.29 is 99.8 Å². The van der Waals surface area contributed by atoms with Gasteiger partial charge in [-0.2, -0.15) is 0 Å². The first kappa shape index (κ1) is 77.7. The van der Waals surface area contributed by atoms with E-state index in [1.54, 1.807) is 125 Å². The molecule has 4 aromatic rings. The normalized spacial score (nSPS) is 25.8. The quantitative estimate of drug-likeness (QED) is 0.0442. The Kier molecular flexibility index (Phi) is 26.8. The molecular formula is C76H104O21. The molecule has 0 saturated carbocycles. The summed E-state index contributed by atoms with van der Waals surface area (Å²) in [5, 5.41) is 0. The summed E-state index contributed by atoms with van der Waals surface area (Å²) >= 11 is 0. The Balaban J connectivity index is 1.45. The van der Waals surface area contributed by atoms with Gasteiger partial charge in [-0.3, -0.25) is 28.8 Å². The van der Waals surface area contributed by atoms with E-state index in [4.69, 9.17) is 71.1 Å². The first-order valence-corrected chi connectivity index (χ1v) is 33.4. The van der Waals surface area contributed by atoms with E-state index < -0.39 is 168 Å². The van der Waals surface area contributed by atoms with Crippen molar-refractivity contribution in [2.75, 3.05) is 19.8 Å². The van der Waals surface area contributed by atoms with Gasteiger partial charge in [0.25, 0.3) is 0 Å². The van der Waals surface area contributed by atoms with Crippen molar-refractivity contribution >= 4 is 35.8 Å². The van der Waals surface area contributed by atoms with Crippen LogP contribution in [0.5, 0.6) is 0 Å². The van der Waals surface area contributed by atoms with Gasteiger partial charge in [0.05, 0.1) is 71.6 Å². The Morgan fingerprint density at radius 1 is 0.320 bits per heavy atom. The smallest absolute Gasteiger partial charge is 0.311 e. The van der Waals surface area contributed by atoms with E-state index in [0.717, 1.165) is 16.7 Å². The van der Waals surface area contributed by atoms with Gasteiger partial charge in [-0.1, -0.05) is 121 Å². The number of hydrogen-bond donors (Lipinski definition) is 0. The Morgan fingerprint density at radius 3 is 1.05 bits per heavy atom. The third kappa shape index (κ3) is 22.9. The fourth-order valence-electron chi connectivity index (χ4n) is 9.98. The average Bonchev–Trinajstić information content (AvgIpc) is 0.760. The first-order valence-electron chi connectivity index (χ1n) is 33.4. The van der Waals surface area contributed by atoms with Crippen LogP contribution in [0.4, 0.5) is 0 Å². The molecule has 0 amide bonds. The van der Waals surface area contributed by atoms with Crippen molar-refractivity contribution in [3.8, 4) is 0 Å². The van der Waals surface area contributed by atoms with Gasteiger partial charge in [-0.25, -0.2) is 0 Å². The van der Waals surface area contributed by atoms with E-state index in [1.165, 1.54) is 0 Å². The number of ether oxygens (including phenoxy) is 15. The van der Waals surface area contributed by atoms with Gasteiger partial charge >= 0.3 is 35.8 Å². The lowest BCUT2D eigenvalue weighted by Crippen LogP contribution is -2.68. The van der Waals surface area contributed by atoms with Crippen molar-refractivity contribution in [3.63, 3.8) is 0 Å². The predicted molar refractivity (Wildman–Crippen MR) is 356 cm³/mol. The van der Waals surface area contributed by atoms with Crippen LogP contribution in [-0.2, 0) is 126 Å². The molecule has 21 heteroatoms. The van der Waals surface area contributed by atoms with Crippen molar-refractivity contribution in [3.05, 3.63) is 144 Å². The monoisotopic (exact) mass is 1350 g/mol. The van der Waals surface area contributed by atoms with E-state index in [1.807, 2.05) is 121 Å². The summed E-state index contributed by atoms with van der Waals surface area (Å²) in [7, 11) is 0. The maximum Gasteiger partial charge on any atom is 0.311 e. The van der Waals surface area contributed by atoms with Gasteiger partial charge in [0.1, 0.15) is 49.8 Å². The highest BCUT2D eigenvalue weighted by Crippen LogP contribution is 2.41. The molecule has 97 heavy (non-hydrogen) atoms. The Hall–Kier alpha value is -6.66. The zero-order valence-electron chi connectivity index (χ0n) is 59.9. The summed E-state index contributed by atoms with van der Waals surface area (Å²) in [6.45, 7) is 28.7. The molecule has 14 atom stereocenters. The minimum atomic E-state index is -1.94. The third-order valence-electron chi connectivity index (χ3n) is 15.9. The standard InChI is InChI=1S/C76H104O21/c1-71(2,3)65(77)87-45-54-56(59(95-68(80)74(10,11)12)60(96-69(81)75(13,14)15)63(90-54)86-43-50-37-29-22-30-38-50)92-64-61(97-70(82)76(16,17)18)58(57(94-67(79)73(7,8)9)55(91-64)46-88-66(78)72(4,5)6)93-62-52(85-42-49-35-27-21-28-36-49)39-51(84-41-48-33-25-20-26-34-48)53(89-62)44-83-40-47-31-23-19-24-32-47/h19-38,51-64H,39-46H2,1-18H3/t51-,52-,53-,54-,55-,56-,57+,58+,59+,60-,61-,62-,63-,64+/m1/s1. The molecule has 0 N–H and O–H groups in total. The molecule has 3 aliphatic rings. The largest absolute Gasteiger partial charge is 0.462 e. The molecule has 3 fully saturated rings. The molecule has 3 aliphatic heterocycles. The number of esters is 6. The van der Waals surface area contributed by atoms with Gasteiger partial charge < -0.3 is 71.1 Å². The molecule has 534 valence electrons. The zero-order chi connectivity index (χ0) is 71.3. The molecule has 3 heterocycles. The summed E-state index contributed by atoms with van der Waals surface area (Å²) in [6, 6.07) is 37.8. The van der Waals surface area contributed by atoms with Crippen LogP contribution in [0, 0.1) is 32.5 Å². The van der Waals surface area contributed by atoms with Crippen LogP contribution < -0.4 is 0 Å². The van der Waals surface area contributed by atoms with Crippen LogP contribution in [-0.4, -0.2) is 142 Å². The second kappa shape index (κ2) is 33.5. The second-order valence-corrected chi connectivity index (χ2v) is 31.2. The van der Waals surface area contributed by atoms with Crippen LogP contribution in [0.2, 0.25) is 0 Å². The van der Waals surface area contributed by atoms with Gasteiger partial charge in [-0.05, 0) is 147 Å². The third-order valence-corrected chi connectivity index (χ3v) is 15.9. The lowest BCUT2D eigenvalue weighted by Gasteiger charge is -2.51. The van der Waals surface area contributed by atoms with E-state index in [0.29, 0.717) is 5.56 Å². The Bertz CT molecular complexity index is 3150. The van der Waals surface area contributed by atoms with E-state index >= 15 is 4.79 Å². The molecule has 0 unspecified atom stereocenters. The van der Waals surface area contributed by atoms with Crippen LogP contribution in [0.25, 0.3) is 0 Å². The summed E-state index contributed by atoms with van der Waals surface area (Å²) in [5.74, 6) is -4.44. The highest BCUT2D eigenvalue weighted by Gasteiger charge is 2.60. The van der Waals surface area contributed by atoms with Gasteiger partial charge in [0.2, 0.25) is 0 Å². The SMILES string of the molecule is CC(C)(C)C(=O)OC[C@H]1O[C@@H](O[C@H]2[C@H](OC(=O)C(C)(C)C)[C@@H](OC(=O)C(C)(C)C)[C@H](OCc3ccccc3)O[C@@H]2COC(=O)C(C)(C)C)[C@H](OC(=O)C(C)(C)C)[C@@H](O[C@H]2O[C@H](COCc3ccccc3)[C@H](OCc3ccccc3)C[C@H]2OCc2ccccc2)[C@H]1OC(=O)C(C)(C)C. The number of benzene rings is 4. The molecule has 3 saturated heterocycles. The van der Waals surface area contributed by atoms with Crippen LogP contribution in [0.15, 0.2) is 121 Å². The fourth-order valence-corrected chi connectivity index (χ4v) is 9.98. The molecule has 7 rings (SSSR count). The minimum Gasteiger partial charge on any atom is -0.462 e. The lowest BCUT2D eigenvalue weighted by atomic mass is 9.92. The first-order chi connectivity index (χ1) is 45.4. The summed E-state index contributed by atoms with van der Waals surface area (Å²) in [5.41, 5.74) is -3.67. The summed E-state index contributed by atoms with van der Waals surface area (Å²) in [4.78, 5) is 86.9. The van der Waals surface area contributed by atoms with E-state index in [2.05, 4.69) is 0 Å². The molecule has 21 nitrogen and oxygen atoms in total. The average molecular weight is 1350 g/mol. The second-order valence-electron chi connectivity index (χ2n) is 31.2. The Labute approximate surface area is 572 Å². The lowest BCUT2D eigenvalue weighted by molar-refractivity contribution is -0.381. The molecule has 4 aromatic carbocycles. The van der Waals surface area contributed by atoms with Crippen LogP contribution in [0.1, 0.15) is 153 Å². The molecule has 0 aliphatic carbocycles. The molecular weight excluding hydrogens is 1250 g/mol. The zero-order valence-corrected chi connectivity index (χ0v) is 59.9. The van der Waals surface area contributed by atoms with Crippen molar-refractivity contribution in [2.24, 2.45) is 32.5 Å². The topological polar surface area (TPSA) is 241 Å². The highest BCUT2D eigenvalue weighted by atomic mass is 16.8. The van der Waals surface area contributed by atoms with E-state index in [-0.39, 0.29) is 39.5 Å². The van der Waals surface area contributed by atoms with Gasteiger partial charge in [0, 0.05) is 6.42 Å². The molecule has 0 aromatic heterocycles. The van der Waals surface area contributed by atoms with Crippen molar-refractivity contribution in [1.82, 2.24) is 0 Å². The van der Waals surface area contributed by atoms with Crippen LogP contribution in [0.3, 0.4) is 0 Å². The van der Waals surface area contributed by atoms with Gasteiger partial charge in [0.15, 0.2) is 43.3 Å². The maximum absolute atomic E-state index is 15.0. The minimum absolute atomic E-state index is 0.0239. The summed E-state index contributed by atoms with van der Waals surface area (Å²) in [6.07, 6.45) is -20.7.